The van der Waals surface area contributed by atoms with Gasteiger partial charge in [-0.2, -0.15) is 0 Å². The SMILES string of the molecule is NC1=NS(=O)(=O)Cc2cccc(OC[C@H]3CCCN(C(=O)Cc4ncccn4)C3)c21. The van der Waals surface area contributed by atoms with Crippen molar-refractivity contribution in [2.75, 3.05) is 19.7 Å². The predicted octanol–water partition coefficient (Wildman–Crippen LogP) is 0.885. The summed E-state index contributed by atoms with van der Waals surface area (Å²) in [5, 5.41) is 0. The first-order valence-electron chi connectivity index (χ1n) is 9.78. The second-order valence-corrected chi connectivity index (χ2v) is 9.13. The van der Waals surface area contributed by atoms with Crippen LogP contribution in [-0.2, 0) is 27.0 Å². The number of carbonyl (C=O) groups is 1. The van der Waals surface area contributed by atoms with Crippen molar-refractivity contribution in [3.8, 4) is 5.75 Å². The third-order valence-corrected chi connectivity index (χ3v) is 6.37. The average molecular weight is 430 g/mol. The Bertz CT molecular complexity index is 1070. The van der Waals surface area contributed by atoms with E-state index in [-0.39, 0.29) is 29.8 Å². The van der Waals surface area contributed by atoms with Crippen molar-refractivity contribution in [3.63, 3.8) is 0 Å². The maximum Gasteiger partial charge on any atom is 0.259 e. The Balaban J connectivity index is 1.40. The summed E-state index contributed by atoms with van der Waals surface area (Å²) in [6, 6.07) is 6.95. The van der Waals surface area contributed by atoms with Crippen LogP contribution in [0.4, 0.5) is 0 Å². The molecule has 0 saturated carbocycles. The summed E-state index contributed by atoms with van der Waals surface area (Å²) < 4.78 is 33.3. The van der Waals surface area contributed by atoms with E-state index < -0.39 is 10.0 Å². The highest BCUT2D eigenvalue weighted by Gasteiger charge is 2.27. The summed E-state index contributed by atoms with van der Waals surface area (Å²) >= 11 is 0. The minimum Gasteiger partial charge on any atom is -0.492 e. The Kier molecular flexibility index (Phi) is 5.67. The van der Waals surface area contributed by atoms with E-state index >= 15 is 0 Å². The molecule has 2 N–H and O–H groups in total. The molecule has 0 aliphatic carbocycles. The first-order chi connectivity index (χ1) is 14.4. The number of rotatable bonds is 5. The Morgan fingerprint density at radius 1 is 1.23 bits per heavy atom. The van der Waals surface area contributed by atoms with E-state index in [4.69, 9.17) is 10.5 Å². The van der Waals surface area contributed by atoms with E-state index in [2.05, 4.69) is 14.4 Å². The van der Waals surface area contributed by atoms with Gasteiger partial charge in [0, 0.05) is 31.4 Å². The number of amides is 1. The molecule has 2 aliphatic rings. The minimum absolute atomic E-state index is 0.00424. The van der Waals surface area contributed by atoms with Crippen molar-refractivity contribution in [1.29, 1.82) is 0 Å². The summed E-state index contributed by atoms with van der Waals surface area (Å²) in [5.41, 5.74) is 7.02. The molecule has 4 rings (SSSR count). The number of likely N-dealkylation sites (tertiary alicyclic amines) is 1. The highest BCUT2D eigenvalue weighted by Crippen LogP contribution is 2.29. The molecule has 158 valence electrons. The fourth-order valence-electron chi connectivity index (χ4n) is 3.84. The fourth-order valence-corrected chi connectivity index (χ4v) is 4.92. The molecule has 10 heteroatoms. The van der Waals surface area contributed by atoms with Gasteiger partial charge in [-0.25, -0.2) is 18.4 Å². The molecular weight excluding hydrogens is 406 g/mol. The van der Waals surface area contributed by atoms with Gasteiger partial charge in [0.15, 0.2) is 0 Å². The van der Waals surface area contributed by atoms with E-state index in [0.717, 1.165) is 12.8 Å². The number of sulfonamides is 1. The zero-order valence-electron chi connectivity index (χ0n) is 16.4. The van der Waals surface area contributed by atoms with Crippen molar-refractivity contribution in [2.24, 2.45) is 16.0 Å². The van der Waals surface area contributed by atoms with Crippen molar-refractivity contribution >= 4 is 21.8 Å². The normalized spacial score (nSPS) is 20.2. The maximum absolute atomic E-state index is 12.6. The van der Waals surface area contributed by atoms with Crippen molar-refractivity contribution < 1.29 is 17.9 Å². The van der Waals surface area contributed by atoms with Gasteiger partial charge in [0.2, 0.25) is 5.91 Å². The number of benzene rings is 1. The van der Waals surface area contributed by atoms with Crippen LogP contribution in [0.15, 0.2) is 41.1 Å². The molecule has 0 bridgehead atoms. The number of hydrogen-bond donors (Lipinski definition) is 1. The van der Waals surface area contributed by atoms with Crippen LogP contribution in [0.2, 0.25) is 0 Å². The highest BCUT2D eigenvalue weighted by atomic mass is 32.2. The third kappa shape index (κ3) is 4.59. The molecule has 1 aromatic carbocycles. The number of ether oxygens (including phenoxy) is 1. The molecule has 1 aromatic heterocycles. The van der Waals surface area contributed by atoms with Gasteiger partial charge in [0.05, 0.1) is 24.3 Å². The van der Waals surface area contributed by atoms with Crippen molar-refractivity contribution in [2.45, 2.75) is 25.0 Å². The maximum atomic E-state index is 12.6. The lowest BCUT2D eigenvalue weighted by atomic mass is 9.98. The Morgan fingerprint density at radius 3 is 2.83 bits per heavy atom. The summed E-state index contributed by atoms with van der Waals surface area (Å²) in [4.78, 5) is 22.7. The molecule has 2 aromatic rings. The number of amidine groups is 1. The first-order valence-corrected chi connectivity index (χ1v) is 11.4. The summed E-state index contributed by atoms with van der Waals surface area (Å²) in [5.74, 6) is 0.972. The minimum atomic E-state index is -3.59. The number of hydrogen-bond acceptors (Lipinski definition) is 7. The van der Waals surface area contributed by atoms with Gasteiger partial charge < -0.3 is 15.4 Å². The number of aromatic nitrogens is 2. The number of piperidine rings is 1. The van der Waals surface area contributed by atoms with Crippen LogP contribution in [-0.4, -0.2) is 54.7 Å². The average Bonchev–Trinajstić information content (AvgIpc) is 2.72. The molecule has 0 radical (unpaired) electrons. The Morgan fingerprint density at radius 2 is 2.03 bits per heavy atom. The van der Waals surface area contributed by atoms with Gasteiger partial charge in [-0.3, -0.25) is 4.79 Å². The second kappa shape index (κ2) is 8.39. The van der Waals surface area contributed by atoms with Crippen LogP contribution in [0.5, 0.6) is 5.75 Å². The zero-order valence-corrected chi connectivity index (χ0v) is 17.2. The summed E-state index contributed by atoms with van der Waals surface area (Å²) in [6.45, 7) is 1.71. The molecule has 1 amide bonds. The molecule has 2 aliphatic heterocycles. The predicted molar refractivity (Wildman–Crippen MR) is 110 cm³/mol. The van der Waals surface area contributed by atoms with Crippen LogP contribution in [0, 0.1) is 5.92 Å². The molecule has 1 atom stereocenters. The Labute approximate surface area is 175 Å². The molecule has 0 unspecified atom stereocenters. The largest absolute Gasteiger partial charge is 0.492 e. The smallest absolute Gasteiger partial charge is 0.259 e. The molecule has 9 nitrogen and oxygen atoms in total. The standard InChI is InChI=1S/C20H23N5O4S/c21-20-19-15(13-30(27,28)24-20)5-1-6-16(19)29-12-14-4-2-9-25(11-14)18(26)10-17-22-7-3-8-23-17/h1,3,5-8,14H,2,4,9-13H2,(H2,21,24)/t14-/m0/s1. The third-order valence-electron chi connectivity index (χ3n) is 5.22. The summed E-state index contributed by atoms with van der Waals surface area (Å²) in [6.07, 6.45) is 5.28. The van der Waals surface area contributed by atoms with Crippen LogP contribution in [0.3, 0.4) is 0 Å². The molecule has 1 fully saturated rings. The number of nitrogens with zero attached hydrogens (tertiary/aromatic N) is 4. The van der Waals surface area contributed by atoms with Crippen LogP contribution in [0.25, 0.3) is 0 Å². The van der Waals surface area contributed by atoms with Gasteiger partial charge >= 0.3 is 0 Å². The lowest BCUT2D eigenvalue weighted by molar-refractivity contribution is -0.132. The van der Waals surface area contributed by atoms with Crippen LogP contribution < -0.4 is 10.5 Å². The molecule has 3 heterocycles. The van der Waals surface area contributed by atoms with Crippen LogP contribution in [0.1, 0.15) is 29.8 Å². The van der Waals surface area contributed by atoms with E-state index in [1.807, 2.05) is 4.90 Å². The highest BCUT2D eigenvalue weighted by molar-refractivity contribution is 7.89. The topological polar surface area (TPSA) is 128 Å². The van der Waals surface area contributed by atoms with E-state index in [9.17, 15) is 13.2 Å². The van der Waals surface area contributed by atoms with Gasteiger partial charge in [0.1, 0.15) is 17.4 Å². The zero-order chi connectivity index (χ0) is 21.1. The van der Waals surface area contributed by atoms with E-state index in [0.29, 0.717) is 42.4 Å². The van der Waals surface area contributed by atoms with Gasteiger partial charge in [-0.1, -0.05) is 12.1 Å². The van der Waals surface area contributed by atoms with Gasteiger partial charge in [0.25, 0.3) is 10.0 Å². The van der Waals surface area contributed by atoms with Crippen molar-refractivity contribution in [3.05, 3.63) is 53.6 Å². The monoisotopic (exact) mass is 429 g/mol. The van der Waals surface area contributed by atoms with E-state index in [1.54, 1.807) is 36.7 Å². The number of nitrogens with two attached hydrogens (primary N) is 1. The summed E-state index contributed by atoms with van der Waals surface area (Å²) in [7, 11) is -3.59. The number of carbonyl (C=O) groups excluding carboxylic acids is 1. The second-order valence-electron chi connectivity index (χ2n) is 7.49. The fraction of sp³-hybridized carbons (Fsp3) is 0.400. The van der Waals surface area contributed by atoms with Gasteiger partial charge in [-0.05, 0) is 30.5 Å². The van der Waals surface area contributed by atoms with Crippen LogP contribution >= 0.6 is 0 Å². The number of fused-ring (bicyclic) bond motifs is 1. The lowest BCUT2D eigenvalue weighted by Crippen LogP contribution is -2.42. The quantitative estimate of drug-likeness (QED) is 0.747. The van der Waals surface area contributed by atoms with Crippen molar-refractivity contribution in [1.82, 2.24) is 14.9 Å². The lowest BCUT2D eigenvalue weighted by Gasteiger charge is -2.33. The first kappa shape index (κ1) is 20.3. The molecule has 30 heavy (non-hydrogen) atoms. The molecule has 0 spiro atoms. The molecule has 1 saturated heterocycles. The molecular formula is C20H23N5O4S. The Hall–Kier alpha value is -3.01. The van der Waals surface area contributed by atoms with Gasteiger partial charge in [-0.15, -0.1) is 4.40 Å². The van der Waals surface area contributed by atoms with E-state index in [1.165, 1.54) is 0 Å².